The number of hydrogen-bond acceptors (Lipinski definition) is 4. The normalized spacial score (nSPS) is 13.0. The standard InChI is InChI=1S/C24H23ClN2O4S/c1-16-14-19(32(29,30)27-13-12-18-6-3-4-9-22(18)27)10-11-23(16)31-15-24(28)26-21-8-5-7-20(25)17(21)2/h3-11,14H,12-13,15H2,1-2H3,(H,26,28). The number of carbonyl (C=O) groups excluding carboxylic acids is 1. The van der Waals surface area contributed by atoms with Crippen LogP contribution in [0.1, 0.15) is 16.7 Å². The Morgan fingerprint density at radius 3 is 2.66 bits per heavy atom. The number of hydrogen-bond donors (Lipinski definition) is 1. The summed E-state index contributed by atoms with van der Waals surface area (Å²) in [4.78, 5) is 12.5. The van der Waals surface area contributed by atoms with Gasteiger partial charge in [0.25, 0.3) is 15.9 Å². The number of nitrogens with one attached hydrogen (secondary N) is 1. The lowest BCUT2D eigenvalue weighted by atomic mass is 10.2. The fraction of sp³-hybridized carbons (Fsp3) is 0.208. The number of sulfonamides is 1. The Labute approximate surface area is 192 Å². The van der Waals surface area contributed by atoms with E-state index >= 15 is 0 Å². The van der Waals surface area contributed by atoms with Crippen LogP contribution in [0, 0.1) is 13.8 Å². The van der Waals surface area contributed by atoms with E-state index in [4.69, 9.17) is 16.3 Å². The van der Waals surface area contributed by atoms with E-state index in [1.165, 1.54) is 10.4 Å². The Morgan fingerprint density at radius 1 is 1.09 bits per heavy atom. The third-order valence-electron chi connectivity index (χ3n) is 5.48. The zero-order chi connectivity index (χ0) is 22.9. The van der Waals surface area contributed by atoms with Crippen molar-refractivity contribution >= 4 is 38.9 Å². The van der Waals surface area contributed by atoms with E-state index in [-0.39, 0.29) is 17.4 Å². The number of benzene rings is 3. The maximum Gasteiger partial charge on any atom is 0.264 e. The van der Waals surface area contributed by atoms with Crippen molar-refractivity contribution in [2.24, 2.45) is 0 Å². The van der Waals surface area contributed by atoms with Crippen LogP contribution in [-0.2, 0) is 21.2 Å². The average molecular weight is 471 g/mol. The van der Waals surface area contributed by atoms with Gasteiger partial charge >= 0.3 is 0 Å². The molecule has 3 aromatic rings. The number of anilines is 2. The van der Waals surface area contributed by atoms with Crippen molar-refractivity contribution in [1.29, 1.82) is 0 Å². The highest BCUT2D eigenvalue weighted by Gasteiger charge is 2.30. The van der Waals surface area contributed by atoms with E-state index in [9.17, 15) is 13.2 Å². The molecule has 3 aromatic carbocycles. The van der Waals surface area contributed by atoms with Gasteiger partial charge in [0, 0.05) is 17.3 Å². The number of amides is 1. The van der Waals surface area contributed by atoms with Gasteiger partial charge in [-0.1, -0.05) is 35.9 Å². The van der Waals surface area contributed by atoms with Crippen LogP contribution in [0.2, 0.25) is 5.02 Å². The summed E-state index contributed by atoms with van der Waals surface area (Å²) in [6.45, 7) is 3.78. The molecular weight excluding hydrogens is 448 g/mol. The molecular formula is C24H23ClN2O4S. The summed E-state index contributed by atoms with van der Waals surface area (Å²) >= 11 is 6.08. The van der Waals surface area contributed by atoms with Crippen LogP contribution in [0.3, 0.4) is 0 Å². The maximum atomic E-state index is 13.2. The summed E-state index contributed by atoms with van der Waals surface area (Å²) in [5.41, 5.74) is 3.77. The fourth-order valence-corrected chi connectivity index (χ4v) is 5.47. The van der Waals surface area contributed by atoms with E-state index in [0.717, 1.165) is 16.8 Å². The van der Waals surface area contributed by atoms with Crippen molar-refractivity contribution in [2.45, 2.75) is 25.2 Å². The summed E-state index contributed by atoms with van der Waals surface area (Å²) in [5.74, 6) is 0.115. The number of para-hydroxylation sites is 1. The molecule has 0 unspecified atom stereocenters. The molecule has 0 bridgehead atoms. The number of ether oxygens (including phenoxy) is 1. The van der Waals surface area contributed by atoms with Crippen molar-refractivity contribution in [3.63, 3.8) is 0 Å². The van der Waals surface area contributed by atoms with Crippen LogP contribution in [-0.4, -0.2) is 27.5 Å². The Hall–Kier alpha value is -3.03. The summed E-state index contributed by atoms with van der Waals surface area (Å²) < 4.78 is 33.5. The lowest BCUT2D eigenvalue weighted by Gasteiger charge is -2.20. The quantitative estimate of drug-likeness (QED) is 0.565. The second-order valence-corrected chi connectivity index (χ2v) is 9.90. The van der Waals surface area contributed by atoms with Gasteiger partial charge in [-0.05, 0) is 73.4 Å². The van der Waals surface area contributed by atoms with Crippen LogP contribution in [0.25, 0.3) is 0 Å². The van der Waals surface area contributed by atoms with Gasteiger partial charge < -0.3 is 10.1 Å². The van der Waals surface area contributed by atoms with E-state index in [1.54, 1.807) is 37.3 Å². The highest BCUT2D eigenvalue weighted by Crippen LogP contribution is 2.33. The van der Waals surface area contributed by atoms with Gasteiger partial charge in [-0.3, -0.25) is 9.10 Å². The summed E-state index contributed by atoms with van der Waals surface area (Å²) in [5, 5.41) is 3.34. The predicted molar refractivity (Wildman–Crippen MR) is 126 cm³/mol. The fourth-order valence-electron chi connectivity index (χ4n) is 3.70. The SMILES string of the molecule is Cc1cc(S(=O)(=O)N2CCc3ccccc32)ccc1OCC(=O)Nc1cccc(Cl)c1C. The molecule has 0 aromatic heterocycles. The Bertz CT molecular complexity index is 1290. The third kappa shape index (κ3) is 4.31. The molecule has 1 amide bonds. The maximum absolute atomic E-state index is 13.2. The molecule has 0 spiro atoms. The first kappa shape index (κ1) is 22.2. The molecule has 0 atom stereocenters. The van der Waals surface area contributed by atoms with Crippen molar-refractivity contribution in [2.75, 3.05) is 22.8 Å². The first-order valence-electron chi connectivity index (χ1n) is 10.2. The molecule has 8 heteroatoms. The van der Waals surface area contributed by atoms with Crippen molar-refractivity contribution < 1.29 is 17.9 Å². The summed E-state index contributed by atoms with van der Waals surface area (Å²) in [7, 11) is -3.69. The number of fused-ring (bicyclic) bond motifs is 1. The monoisotopic (exact) mass is 470 g/mol. The molecule has 0 saturated carbocycles. The van der Waals surface area contributed by atoms with Gasteiger partial charge in [0.2, 0.25) is 0 Å². The van der Waals surface area contributed by atoms with Gasteiger partial charge in [-0.15, -0.1) is 0 Å². The predicted octanol–water partition coefficient (Wildman–Crippen LogP) is 4.73. The number of halogens is 1. The van der Waals surface area contributed by atoms with Gasteiger partial charge in [0.1, 0.15) is 5.75 Å². The smallest absolute Gasteiger partial charge is 0.264 e. The molecule has 0 aliphatic carbocycles. The highest BCUT2D eigenvalue weighted by molar-refractivity contribution is 7.92. The van der Waals surface area contributed by atoms with Gasteiger partial charge in [-0.2, -0.15) is 0 Å². The minimum Gasteiger partial charge on any atom is -0.483 e. The first-order valence-corrected chi connectivity index (χ1v) is 12.0. The van der Waals surface area contributed by atoms with E-state index < -0.39 is 10.0 Å². The number of aryl methyl sites for hydroxylation is 1. The lowest BCUT2D eigenvalue weighted by Crippen LogP contribution is -2.29. The van der Waals surface area contributed by atoms with Crippen molar-refractivity contribution in [3.05, 3.63) is 82.4 Å². The first-order chi connectivity index (χ1) is 15.3. The summed E-state index contributed by atoms with van der Waals surface area (Å²) in [6, 6.07) is 17.5. The second kappa shape index (κ2) is 8.84. The van der Waals surface area contributed by atoms with Gasteiger partial charge in [0.15, 0.2) is 6.61 Å². The molecule has 1 aliphatic rings. The number of rotatable bonds is 6. The molecule has 4 rings (SSSR count). The minimum absolute atomic E-state index is 0.193. The van der Waals surface area contributed by atoms with Crippen LogP contribution in [0.5, 0.6) is 5.75 Å². The Morgan fingerprint density at radius 2 is 1.88 bits per heavy atom. The van der Waals surface area contributed by atoms with Gasteiger partial charge in [-0.25, -0.2) is 8.42 Å². The van der Waals surface area contributed by atoms with Gasteiger partial charge in [0.05, 0.1) is 10.6 Å². The van der Waals surface area contributed by atoms with Crippen molar-refractivity contribution in [1.82, 2.24) is 0 Å². The second-order valence-electron chi connectivity index (χ2n) is 7.63. The molecule has 0 fully saturated rings. The molecule has 0 saturated heterocycles. The Balaban J connectivity index is 1.46. The van der Waals surface area contributed by atoms with Crippen LogP contribution in [0.15, 0.2) is 65.6 Å². The van der Waals surface area contributed by atoms with Crippen LogP contribution in [0.4, 0.5) is 11.4 Å². The average Bonchev–Trinajstić information content (AvgIpc) is 3.21. The number of nitrogens with zero attached hydrogens (tertiary/aromatic N) is 1. The zero-order valence-corrected chi connectivity index (χ0v) is 19.3. The molecule has 1 aliphatic heterocycles. The van der Waals surface area contributed by atoms with E-state index in [1.807, 2.05) is 31.2 Å². The minimum atomic E-state index is -3.69. The van der Waals surface area contributed by atoms with E-state index in [2.05, 4.69) is 5.32 Å². The van der Waals surface area contributed by atoms with Crippen LogP contribution < -0.4 is 14.4 Å². The molecule has 32 heavy (non-hydrogen) atoms. The van der Waals surface area contributed by atoms with E-state index in [0.29, 0.717) is 35.0 Å². The lowest BCUT2D eigenvalue weighted by molar-refractivity contribution is -0.118. The van der Waals surface area contributed by atoms with Crippen LogP contribution >= 0.6 is 11.6 Å². The highest BCUT2D eigenvalue weighted by atomic mass is 35.5. The summed E-state index contributed by atoms with van der Waals surface area (Å²) in [6.07, 6.45) is 0.691. The third-order valence-corrected chi connectivity index (χ3v) is 7.70. The largest absolute Gasteiger partial charge is 0.483 e. The Kier molecular flexibility index (Phi) is 6.13. The molecule has 1 N–H and O–H groups in total. The molecule has 6 nitrogen and oxygen atoms in total. The molecule has 166 valence electrons. The molecule has 0 radical (unpaired) electrons. The molecule has 1 heterocycles. The number of carbonyl (C=O) groups is 1. The van der Waals surface area contributed by atoms with Crippen molar-refractivity contribution in [3.8, 4) is 5.75 Å². The topological polar surface area (TPSA) is 75.7 Å². The zero-order valence-electron chi connectivity index (χ0n) is 17.8.